The highest BCUT2D eigenvalue weighted by Crippen LogP contribution is 2.36. The first kappa shape index (κ1) is 11.9. The van der Waals surface area contributed by atoms with E-state index in [-0.39, 0.29) is 0 Å². The van der Waals surface area contributed by atoms with Gasteiger partial charge in [0.15, 0.2) is 0 Å². The van der Waals surface area contributed by atoms with Crippen molar-refractivity contribution in [3.63, 3.8) is 0 Å². The molecule has 0 radical (unpaired) electrons. The number of halogens is 2. The maximum atomic E-state index is 6.14. The zero-order valence-electron chi connectivity index (χ0n) is 9.79. The molecule has 1 aliphatic carbocycles. The van der Waals surface area contributed by atoms with Crippen LogP contribution in [0.2, 0.25) is 10.0 Å². The standard InChI is InChI=1S/C15H13Cl2N/c16-13-6-3-7-14(15(13)17)18-9-11-8-10-4-1-2-5-12(10)11/h1-7,11,18H,8-9H2. The predicted octanol–water partition coefficient (Wildman–Crippen LogP) is 4.75. The second kappa shape index (κ2) is 4.83. The lowest BCUT2D eigenvalue weighted by molar-refractivity contribution is 0.636. The number of fused-ring (bicyclic) bond motifs is 1. The smallest absolute Gasteiger partial charge is 0.0823 e. The minimum Gasteiger partial charge on any atom is -0.383 e. The van der Waals surface area contributed by atoms with E-state index in [9.17, 15) is 0 Å². The minimum absolute atomic E-state index is 0.580. The number of nitrogens with one attached hydrogen (secondary N) is 1. The molecule has 18 heavy (non-hydrogen) atoms. The van der Waals surface area contributed by atoms with Crippen LogP contribution in [0.3, 0.4) is 0 Å². The largest absolute Gasteiger partial charge is 0.383 e. The molecule has 0 spiro atoms. The van der Waals surface area contributed by atoms with Crippen molar-refractivity contribution in [2.24, 2.45) is 0 Å². The average Bonchev–Trinajstić information content (AvgIpc) is 2.35. The molecule has 1 atom stereocenters. The molecule has 1 aliphatic rings. The second-order valence-corrected chi connectivity index (χ2v) is 5.37. The summed E-state index contributed by atoms with van der Waals surface area (Å²) in [6, 6.07) is 14.2. The Kier molecular flexibility index (Phi) is 3.19. The van der Waals surface area contributed by atoms with E-state index in [1.54, 1.807) is 6.07 Å². The Hall–Kier alpha value is -1.18. The number of benzene rings is 2. The third kappa shape index (κ3) is 2.09. The molecule has 1 unspecified atom stereocenters. The molecule has 0 amide bonds. The van der Waals surface area contributed by atoms with Gasteiger partial charge in [-0.2, -0.15) is 0 Å². The first-order chi connectivity index (χ1) is 8.75. The summed E-state index contributed by atoms with van der Waals surface area (Å²) in [6.07, 6.45) is 1.14. The summed E-state index contributed by atoms with van der Waals surface area (Å²) >= 11 is 12.1. The summed E-state index contributed by atoms with van der Waals surface area (Å²) in [4.78, 5) is 0. The van der Waals surface area contributed by atoms with Gasteiger partial charge < -0.3 is 5.32 Å². The second-order valence-electron chi connectivity index (χ2n) is 4.58. The summed E-state index contributed by atoms with van der Waals surface area (Å²) in [5.74, 6) is 0.580. The van der Waals surface area contributed by atoms with Gasteiger partial charge in [0.25, 0.3) is 0 Å². The molecular formula is C15H13Cl2N. The normalized spacial score (nSPS) is 16.9. The monoisotopic (exact) mass is 277 g/mol. The van der Waals surface area contributed by atoms with E-state index in [4.69, 9.17) is 23.2 Å². The van der Waals surface area contributed by atoms with Crippen LogP contribution in [0.15, 0.2) is 42.5 Å². The van der Waals surface area contributed by atoms with Gasteiger partial charge in [0, 0.05) is 12.5 Å². The van der Waals surface area contributed by atoms with Crippen LogP contribution in [0.1, 0.15) is 17.0 Å². The molecule has 0 bridgehead atoms. The van der Waals surface area contributed by atoms with Crippen molar-refractivity contribution >= 4 is 28.9 Å². The van der Waals surface area contributed by atoms with Crippen molar-refractivity contribution in [2.75, 3.05) is 11.9 Å². The van der Waals surface area contributed by atoms with Crippen LogP contribution in [-0.4, -0.2) is 6.54 Å². The molecule has 2 aromatic rings. The van der Waals surface area contributed by atoms with Crippen molar-refractivity contribution < 1.29 is 0 Å². The third-order valence-corrected chi connectivity index (χ3v) is 4.27. The number of hydrogen-bond acceptors (Lipinski definition) is 1. The minimum atomic E-state index is 0.580. The highest BCUT2D eigenvalue weighted by molar-refractivity contribution is 6.43. The van der Waals surface area contributed by atoms with Gasteiger partial charge in [-0.05, 0) is 29.7 Å². The number of hydrogen-bond donors (Lipinski definition) is 1. The van der Waals surface area contributed by atoms with Crippen molar-refractivity contribution in [3.8, 4) is 0 Å². The molecule has 2 aromatic carbocycles. The molecule has 0 saturated heterocycles. The molecule has 1 N–H and O–H groups in total. The molecule has 3 heteroatoms. The van der Waals surface area contributed by atoms with Gasteiger partial charge in [0.05, 0.1) is 15.7 Å². The lowest BCUT2D eigenvalue weighted by atomic mass is 9.77. The van der Waals surface area contributed by atoms with Crippen LogP contribution >= 0.6 is 23.2 Å². The fourth-order valence-electron chi connectivity index (χ4n) is 2.42. The maximum absolute atomic E-state index is 6.14. The van der Waals surface area contributed by atoms with Gasteiger partial charge in [-0.3, -0.25) is 0 Å². The zero-order valence-corrected chi connectivity index (χ0v) is 11.3. The van der Waals surface area contributed by atoms with Crippen molar-refractivity contribution in [2.45, 2.75) is 12.3 Å². The first-order valence-electron chi connectivity index (χ1n) is 6.01. The predicted molar refractivity (Wildman–Crippen MR) is 77.8 cm³/mol. The Balaban J connectivity index is 1.69. The molecule has 0 fully saturated rings. The van der Waals surface area contributed by atoms with E-state index in [1.807, 2.05) is 12.1 Å². The van der Waals surface area contributed by atoms with Crippen LogP contribution < -0.4 is 5.32 Å². The van der Waals surface area contributed by atoms with E-state index in [0.717, 1.165) is 18.7 Å². The molecule has 0 aromatic heterocycles. The van der Waals surface area contributed by atoms with Crippen LogP contribution in [-0.2, 0) is 6.42 Å². The van der Waals surface area contributed by atoms with Gasteiger partial charge in [-0.1, -0.05) is 53.5 Å². The lowest BCUT2D eigenvalue weighted by Crippen LogP contribution is -2.24. The highest BCUT2D eigenvalue weighted by atomic mass is 35.5. The van der Waals surface area contributed by atoms with E-state index in [0.29, 0.717) is 16.0 Å². The summed E-state index contributed by atoms with van der Waals surface area (Å²) in [5, 5.41) is 4.58. The topological polar surface area (TPSA) is 12.0 Å². The van der Waals surface area contributed by atoms with Gasteiger partial charge >= 0.3 is 0 Å². The Morgan fingerprint density at radius 1 is 1.06 bits per heavy atom. The van der Waals surface area contributed by atoms with Gasteiger partial charge in [-0.15, -0.1) is 0 Å². The van der Waals surface area contributed by atoms with Crippen LogP contribution in [0, 0.1) is 0 Å². The summed E-state index contributed by atoms with van der Waals surface area (Å²) in [6.45, 7) is 0.900. The Morgan fingerprint density at radius 2 is 1.89 bits per heavy atom. The molecule has 1 nitrogen and oxygen atoms in total. The third-order valence-electron chi connectivity index (χ3n) is 3.45. The molecular weight excluding hydrogens is 265 g/mol. The van der Waals surface area contributed by atoms with Crippen LogP contribution in [0.5, 0.6) is 0 Å². The van der Waals surface area contributed by atoms with Crippen molar-refractivity contribution in [3.05, 3.63) is 63.6 Å². The van der Waals surface area contributed by atoms with E-state index >= 15 is 0 Å². The summed E-state index contributed by atoms with van der Waals surface area (Å²) in [5.41, 5.74) is 3.82. The van der Waals surface area contributed by atoms with Gasteiger partial charge in [0.2, 0.25) is 0 Å². The Morgan fingerprint density at radius 3 is 2.72 bits per heavy atom. The van der Waals surface area contributed by atoms with Crippen LogP contribution in [0.25, 0.3) is 0 Å². The molecule has 92 valence electrons. The van der Waals surface area contributed by atoms with E-state index in [2.05, 4.69) is 29.6 Å². The van der Waals surface area contributed by atoms with Gasteiger partial charge in [-0.25, -0.2) is 0 Å². The lowest BCUT2D eigenvalue weighted by Gasteiger charge is -2.30. The molecule has 3 rings (SSSR count). The maximum Gasteiger partial charge on any atom is 0.0823 e. The molecule has 0 saturated carbocycles. The SMILES string of the molecule is Clc1cccc(NCC2Cc3ccccc32)c1Cl. The Bertz CT molecular complexity index is 580. The fraction of sp³-hybridized carbons (Fsp3) is 0.200. The first-order valence-corrected chi connectivity index (χ1v) is 6.77. The number of anilines is 1. The van der Waals surface area contributed by atoms with Crippen LogP contribution in [0.4, 0.5) is 5.69 Å². The van der Waals surface area contributed by atoms with Gasteiger partial charge in [0.1, 0.15) is 0 Å². The summed E-state index contributed by atoms with van der Waals surface area (Å²) in [7, 11) is 0. The fourth-order valence-corrected chi connectivity index (χ4v) is 2.79. The average molecular weight is 278 g/mol. The highest BCUT2D eigenvalue weighted by Gasteiger charge is 2.25. The molecule has 0 aliphatic heterocycles. The van der Waals surface area contributed by atoms with E-state index in [1.165, 1.54) is 11.1 Å². The van der Waals surface area contributed by atoms with Crippen molar-refractivity contribution in [1.29, 1.82) is 0 Å². The Labute approximate surface area is 117 Å². The zero-order chi connectivity index (χ0) is 12.5. The van der Waals surface area contributed by atoms with E-state index < -0.39 is 0 Å². The number of rotatable bonds is 3. The van der Waals surface area contributed by atoms with Crippen molar-refractivity contribution in [1.82, 2.24) is 0 Å². The summed E-state index contributed by atoms with van der Waals surface area (Å²) < 4.78 is 0. The quantitative estimate of drug-likeness (QED) is 0.854. The molecule has 0 heterocycles.